The van der Waals surface area contributed by atoms with Crippen molar-refractivity contribution in [2.45, 2.75) is 66.5 Å². The van der Waals surface area contributed by atoms with Gasteiger partial charge in [-0.3, -0.25) is 0 Å². The summed E-state index contributed by atoms with van der Waals surface area (Å²) in [6, 6.07) is 16.5. The molecular weight excluding hydrogens is 512 g/mol. The molecule has 0 amide bonds. The van der Waals surface area contributed by atoms with Crippen LogP contribution < -0.4 is 9.47 Å². The fraction of sp³-hybridized carbons (Fsp3) is 0.486. The van der Waals surface area contributed by atoms with Gasteiger partial charge >= 0.3 is 0 Å². The van der Waals surface area contributed by atoms with Gasteiger partial charge in [0.05, 0.1) is 12.1 Å². The zero-order valence-corrected chi connectivity index (χ0v) is 25.6. The van der Waals surface area contributed by atoms with Crippen molar-refractivity contribution in [3.8, 4) is 11.5 Å². The molecule has 4 rings (SSSR count). The number of hydrogen-bond donors (Lipinski definition) is 0. The van der Waals surface area contributed by atoms with Crippen LogP contribution in [0.5, 0.6) is 11.5 Å². The van der Waals surface area contributed by atoms with E-state index in [4.69, 9.17) is 28.9 Å². The van der Waals surface area contributed by atoms with Crippen molar-refractivity contribution in [2.24, 2.45) is 26.2 Å². The first-order valence-electron chi connectivity index (χ1n) is 14.5. The molecule has 0 saturated carbocycles. The third-order valence-corrected chi connectivity index (χ3v) is 7.71. The van der Waals surface area contributed by atoms with E-state index >= 15 is 0 Å². The maximum atomic E-state index is 6.51. The Morgan fingerprint density at radius 2 is 1.05 bits per heavy atom. The van der Waals surface area contributed by atoms with Crippen molar-refractivity contribution in [3.63, 3.8) is 0 Å². The standard InChI is InChI=1S/C35H46N2O4/c1-9-19-38-27-15-11-25(12-16-27)21-35(31-36-29(23-40-31)33(3,4)5,32-37-30(24-41-32)34(6,7)8)22-26-13-17-28(18-14-26)39-20-10-2/h9-18,29-30H,1-2,19-24H2,3-8H3/t29-,30-/m1/s1. The van der Waals surface area contributed by atoms with Gasteiger partial charge in [0.15, 0.2) is 11.8 Å². The van der Waals surface area contributed by atoms with Gasteiger partial charge in [-0.1, -0.05) is 91.1 Å². The molecule has 6 nitrogen and oxygen atoms in total. The van der Waals surface area contributed by atoms with E-state index in [0.717, 1.165) is 22.6 Å². The molecule has 2 aromatic carbocycles. The second-order valence-electron chi connectivity index (χ2n) is 13.2. The van der Waals surface area contributed by atoms with Gasteiger partial charge < -0.3 is 18.9 Å². The molecule has 0 aliphatic carbocycles. The Bertz CT molecular complexity index is 1150. The number of hydrogen-bond acceptors (Lipinski definition) is 6. The van der Waals surface area contributed by atoms with Gasteiger partial charge in [0.25, 0.3) is 0 Å². The van der Waals surface area contributed by atoms with E-state index in [9.17, 15) is 0 Å². The van der Waals surface area contributed by atoms with E-state index in [1.165, 1.54) is 0 Å². The molecule has 2 aliphatic rings. The van der Waals surface area contributed by atoms with Crippen molar-refractivity contribution in [2.75, 3.05) is 26.4 Å². The zero-order valence-electron chi connectivity index (χ0n) is 25.6. The van der Waals surface area contributed by atoms with E-state index in [1.54, 1.807) is 12.2 Å². The first-order chi connectivity index (χ1) is 19.4. The van der Waals surface area contributed by atoms with E-state index in [1.807, 2.05) is 24.3 Å². The topological polar surface area (TPSA) is 61.6 Å². The average Bonchev–Trinajstić information content (AvgIpc) is 3.63. The third-order valence-electron chi connectivity index (χ3n) is 7.71. The molecule has 0 saturated heterocycles. The van der Waals surface area contributed by atoms with Crippen LogP contribution in [0, 0.1) is 16.2 Å². The Hall–Kier alpha value is -3.54. The van der Waals surface area contributed by atoms with Crippen LogP contribution in [-0.2, 0) is 22.3 Å². The summed E-state index contributed by atoms with van der Waals surface area (Å²) >= 11 is 0. The molecule has 0 bridgehead atoms. The minimum atomic E-state index is -0.715. The maximum Gasteiger partial charge on any atom is 0.200 e. The Balaban J connectivity index is 1.81. The predicted molar refractivity (Wildman–Crippen MR) is 167 cm³/mol. The summed E-state index contributed by atoms with van der Waals surface area (Å²) in [6.45, 7) is 22.7. The molecule has 41 heavy (non-hydrogen) atoms. The predicted octanol–water partition coefficient (Wildman–Crippen LogP) is 7.27. The first kappa shape index (κ1) is 30.4. The molecule has 2 aliphatic heterocycles. The summed E-state index contributed by atoms with van der Waals surface area (Å²) in [5.41, 5.74) is 1.46. The zero-order chi connectivity index (χ0) is 29.7. The molecule has 0 fully saturated rings. The molecule has 2 aromatic rings. The van der Waals surface area contributed by atoms with Crippen LogP contribution in [0.2, 0.25) is 0 Å². The Kier molecular flexibility index (Phi) is 9.31. The van der Waals surface area contributed by atoms with Crippen molar-refractivity contribution < 1.29 is 18.9 Å². The van der Waals surface area contributed by atoms with Gasteiger partial charge in [0.2, 0.25) is 0 Å². The lowest BCUT2D eigenvalue weighted by molar-refractivity contribution is 0.207. The molecule has 220 valence electrons. The Morgan fingerprint density at radius 1 is 0.683 bits per heavy atom. The fourth-order valence-corrected chi connectivity index (χ4v) is 5.03. The number of nitrogens with zero attached hydrogens (tertiary/aromatic N) is 2. The minimum Gasteiger partial charge on any atom is -0.490 e. The van der Waals surface area contributed by atoms with Gasteiger partial charge in [0, 0.05) is 0 Å². The van der Waals surface area contributed by atoms with Crippen LogP contribution in [0.4, 0.5) is 0 Å². The van der Waals surface area contributed by atoms with Crippen molar-refractivity contribution >= 4 is 11.8 Å². The van der Waals surface area contributed by atoms with Crippen LogP contribution in [0.25, 0.3) is 0 Å². The first-order valence-corrected chi connectivity index (χ1v) is 14.5. The van der Waals surface area contributed by atoms with Crippen LogP contribution in [0.3, 0.4) is 0 Å². The lowest BCUT2D eigenvalue weighted by atomic mass is 9.75. The smallest absolute Gasteiger partial charge is 0.200 e. The second kappa shape index (κ2) is 12.5. The Labute approximate surface area is 246 Å². The van der Waals surface area contributed by atoms with Crippen LogP contribution >= 0.6 is 0 Å². The lowest BCUT2D eigenvalue weighted by Gasteiger charge is -2.32. The van der Waals surface area contributed by atoms with Crippen LogP contribution in [-0.4, -0.2) is 50.3 Å². The molecule has 0 unspecified atom stereocenters. The fourth-order valence-electron chi connectivity index (χ4n) is 5.03. The molecule has 2 heterocycles. The van der Waals surface area contributed by atoms with Crippen molar-refractivity contribution in [1.82, 2.24) is 0 Å². The highest BCUT2D eigenvalue weighted by molar-refractivity contribution is 6.07. The molecular formula is C35H46N2O4. The summed E-state index contributed by atoms with van der Waals surface area (Å²) < 4.78 is 24.5. The minimum absolute atomic E-state index is 0.0337. The van der Waals surface area contributed by atoms with E-state index in [-0.39, 0.29) is 22.9 Å². The van der Waals surface area contributed by atoms with Crippen LogP contribution in [0.15, 0.2) is 83.8 Å². The number of ether oxygens (including phenoxy) is 4. The molecule has 0 spiro atoms. The summed E-state index contributed by atoms with van der Waals surface area (Å²) in [5.74, 6) is 3.01. The molecule has 0 aromatic heterocycles. The van der Waals surface area contributed by atoms with Gasteiger partial charge in [-0.25, -0.2) is 9.98 Å². The highest BCUT2D eigenvalue weighted by Crippen LogP contribution is 2.41. The summed E-state index contributed by atoms with van der Waals surface area (Å²) in [5, 5.41) is 0. The van der Waals surface area contributed by atoms with E-state index in [0.29, 0.717) is 51.1 Å². The maximum absolute atomic E-state index is 6.51. The highest BCUT2D eigenvalue weighted by atomic mass is 16.5. The van der Waals surface area contributed by atoms with Crippen molar-refractivity contribution in [3.05, 3.63) is 85.0 Å². The number of benzene rings is 2. The Morgan fingerprint density at radius 3 is 1.34 bits per heavy atom. The van der Waals surface area contributed by atoms with Gasteiger partial charge in [0.1, 0.15) is 43.3 Å². The van der Waals surface area contributed by atoms with E-state index in [2.05, 4.69) is 79.0 Å². The molecule has 0 radical (unpaired) electrons. The van der Waals surface area contributed by atoms with Gasteiger partial charge in [-0.2, -0.15) is 0 Å². The van der Waals surface area contributed by atoms with Gasteiger partial charge in [-0.05, 0) is 59.1 Å². The summed E-state index contributed by atoms with van der Waals surface area (Å²) in [6.07, 6.45) is 4.73. The monoisotopic (exact) mass is 558 g/mol. The normalized spacial score (nSPS) is 19.1. The molecule has 2 atom stereocenters. The van der Waals surface area contributed by atoms with Crippen LogP contribution in [0.1, 0.15) is 52.7 Å². The SMILES string of the molecule is C=CCOc1ccc(CC(Cc2ccc(OCC=C)cc2)(C2=N[C@@H](C(C)(C)C)CO2)C2=N[C@@H](C(C)(C)C)CO2)cc1. The average molecular weight is 559 g/mol. The third kappa shape index (κ3) is 7.41. The summed E-state index contributed by atoms with van der Waals surface area (Å²) in [4.78, 5) is 10.5. The van der Waals surface area contributed by atoms with E-state index < -0.39 is 5.41 Å². The quantitative estimate of drug-likeness (QED) is 0.257. The largest absolute Gasteiger partial charge is 0.490 e. The van der Waals surface area contributed by atoms with Gasteiger partial charge in [-0.15, -0.1) is 0 Å². The second-order valence-corrected chi connectivity index (χ2v) is 13.2. The number of aliphatic imine (C=N–C) groups is 2. The number of rotatable bonds is 12. The molecule has 6 heteroatoms. The van der Waals surface area contributed by atoms with Crippen molar-refractivity contribution in [1.29, 1.82) is 0 Å². The molecule has 0 N–H and O–H groups in total. The lowest BCUT2D eigenvalue weighted by Crippen LogP contribution is -2.44. The summed E-state index contributed by atoms with van der Waals surface area (Å²) in [7, 11) is 0. The highest BCUT2D eigenvalue weighted by Gasteiger charge is 2.51.